The molecule has 1 fully saturated rings. The number of hydrogen-bond donors (Lipinski definition) is 0. The number of aromatic nitrogens is 2. The Labute approximate surface area is 151 Å². The number of carbonyl (C=O) groups is 2. The molecule has 2 heterocycles. The van der Waals surface area contributed by atoms with Gasteiger partial charge in [0.2, 0.25) is 0 Å². The van der Waals surface area contributed by atoms with Crippen molar-refractivity contribution in [3.63, 3.8) is 0 Å². The Kier molecular flexibility index (Phi) is 5.46. The van der Waals surface area contributed by atoms with Crippen LogP contribution in [-0.4, -0.2) is 46.3 Å². The van der Waals surface area contributed by atoms with Crippen LogP contribution in [0.4, 0.5) is 0 Å². The highest BCUT2D eigenvalue weighted by molar-refractivity contribution is 5.95. The Balaban J connectivity index is 1.86. The second-order valence-corrected chi connectivity index (χ2v) is 6.23. The van der Waals surface area contributed by atoms with E-state index in [0.29, 0.717) is 13.0 Å². The Bertz CT molecular complexity index is 847. The molecule has 1 aromatic heterocycles. The molecule has 2 aromatic rings. The predicted octanol–water partition coefficient (Wildman–Crippen LogP) is 1.46. The van der Waals surface area contributed by atoms with Gasteiger partial charge in [0, 0.05) is 12.6 Å². The first-order valence-corrected chi connectivity index (χ1v) is 8.61. The third-order valence-electron chi connectivity index (χ3n) is 4.50. The van der Waals surface area contributed by atoms with E-state index in [2.05, 4.69) is 5.10 Å². The van der Waals surface area contributed by atoms with Crippen LogP contribution in [0.3, 0.4) is 0 Å². The average molecular weight is 355 g/mol. The molecule has 1 unspecified atom stereocenters. The number of methoxy groups -OCH3 is 1. The summed E-state index contributed by atoms with van der Waals surface area (Å²) in [5.74, 6) is -0.780. The van der Waals surface area contributed by atoms with Crippen molar-refractivity contribution >= 4 is 11.9 Å². The van der Waals surface area contributed by atoms with E-state index in [1.807, 2.05) is 30.3 Å². The van der Waals surface area contributed by atoms with Gasteiger partial charge in [-0.2, -0.15) is 5.10 Å². The Hall–Kier alpha value is -2.96. The van der Waals surface area contributed by atoms with Crippen molar-refractivity contribution in [2.45, 2.75) is 31.8 Å². The second-order valence-electron chi connectivity index (χ2n) is 6.23. The highest BCUT2D eigenvalue weighted by Gasteiger charge is 2.34. The predicted molar refractivity (Wildman–Crippen MR) is 94.7 cm³/mol. The van der Waals surface area contributed by atoms with E-state index in [1.54, 1.807) is 0 Å². The molecule has 1 aromatic carbocycles. The lowest BCUT2D eigenvalue weighted by atomic mass is 10.0. The van der Waals surface area contributed by atoms with Gasteiger partial charge in [-0.15, -0.1) is 0 Å². The highest BCUT2D eigenvalue weighted by Crippen LogP contribution is 2.20. The number of ether oxygens (including phenoxy) is 1. The van der Waals surface area contributed by atoms with Gasteiger partial charge in [-0.05, 0) is 30.9 Å². The summed E-state index contributed by atoms with van der Waals surface area (Å²) in [5.41, 5.74) is 0.780. The van der Waals surface area contributed by atoms with E-state index >= 15 is 0 Å². The summed E-state index contributed by atoms with van der Waals surface area (Å²) in [5, 5.41) is 4.22. The van der Waals surface area contributed by atoms with Gasteiger partial charge in [-0.25, -0.2) is 9.48 Å². The monoisotopic (exact) mass is 355 g/mol. The minimum Gasteiger partial charge on any atom is -0.467 e. The summed E-state index contributed by atoms with van der Waals surface area (Å²) in [7, 11) is 1.32. The van der Waals surface area contributed by atoms with Crippen LogP contribution in [0.2, 0.25) is 0 Å². The molecule has 0 N–H and O–H groups in total. The zero-order valence-corrected chi connectivity index (χ0v) is 14.6. The van der Waals surface area contributed by atoms with Crippen LogP contribution in [0, 0.1) is 0 Å². The van der Waals surface area contributed by atoms with Crippen molar-refractivity contribution < 1.29 is 14.3 Å². The van der Waals surface area contributed by atoms with Crippen LogP contribution in [0.1, 0.15) is 35.3 Å². The van der Waals surface area contributed by atoms with Crippen LogP contribution < -0.4 is 5.56 Å². The minimum absolute atomic E-state index is 0.149. The first-order valence-electron chi connectivity index (χ1n) is 8.61. The fraction of sp³-hybridized carbons (Fsp3) is 0.368. The summed E-state index contributed by atoms with van der Waals surface area (Å²) in [6.07, 6.45) is 2.26. The van der Waals surface area contributed by atoms with Crippen molar-refractivity contribution in [1.29, 1.82) is 0 Å². The number of benzene rings is 1. The number of nitrogens with zero attached hydrogens (tertiary/aromatic N) is 3. The van der Waals surface area contributed by atoms with Gasteiger partial charge in [0.1, 0.15) is 11.7 Å². The lowest BCUT2D eigenvalue weighted by Gasteiger charge is -2.33. The first kappa shape index (κ1) is 17.8. The number of likely N-dealkylation sites (tertiary alicyclic amines) is 1. The summed E-state index contributed by atoms with van der Waals surface area (Å²) < 4.78 is 6.08. The average Bonchev–Trinajstić information content (AvgIpc) is 2.69. The Morgan fingerprint density at radius 3 is 2.65 bits per heavy atom. The molecule has 1 aliphatic rings. The molecular formula is C19H21N3O4. The molecular weight excluding hydrogens is 334 g/mol. The van der Waals surface area contributed by atoms with Crippen LogP contribution in [0.25, 0.3) is 0 Å². The zero-order valence-electron chi connectivity index (χ0n) is 14.6. The molecule has 1 aliphatic heterocycles. The standard InChI is InChI=1S/C19H21N3O4/c1-26-19(25)16-9-5-6-12-21(16)18(24)15-10-11-17(23)22(20-15)13-14-7-3-2-4-8-14/h2-4,7-8,10-11,16H,5-6,9,12-13H2,1H3. The van der Waals surface area contributed by atoms with Crippen LogP contribution in [0.5, 0.6) is 0 Å². The van der Waals surface area contributed by atoms with Gasteiger partial charge >= 0.3 is 5.97 Å². The van der Waals surface area contributed by atoms with Crippen molar-refractivity contribution in [3.8, 4) is 0 Å². The fourth-order valence-electron chi connectivity index (χ4n) is 3.14. The highest BCUT2D eigenvalue weighted by atomic mass is 16.5. The maximum absolute atomic E-state index is 12.9. The molecule has 7 nitrogen and oxygen atoms in total. The summed E-state index contributed by atoms with van der Waals surface area (Å²) in [6, 6.07) is 11.6. The number of carbonyl (C=O) groups excluding carboxylic acids is 2. The fourth-order valence-corrected chi connectivity index (χ4v) is 3.14. The van der Waals surface area contributed by atoms with E-state index in [1.165, 1.54) is 28.8 Å². The number of hydrogen-bond acceptors (Lipinski definition) is 5. The first-order chi connectivity index (χ1) is 12.6. The van der Waals surface area contributed by atoms with Crippen molar-refractivity contribution in [2.75, 3.05) is 13.7 Å². The quantitative estimate of drug-likeness (QED) is 0.776. The van der Waals surface area contributed by atoms with Crippen LogP contribution in [0.15, 0.2) is 47.3 Å². The molecule has 1 saturated heterocycles. The Morgan fingerprint density at radius 2 is 1.92 bits per heavy atom. The van der Waals surface area contributed by atoms with Gasteiger partial charge in [-0.1, -0.05) is 30.3 Å². The van der Waals surface area contributed by atoms with E-state index in [9.17, 15) is 14.4 Å². The SMILES string of the molecule is COC(=O)C1CCCCN1C(=O)c1ccc(=O)n(Cc2ccccc2)n1. The molecule has 1 atom stereocenters. The molecule has 26 heavy (non-hydrogen) atoms. The molecule has 136 valence electrons. The minimum atomic E-state index is -0.599. The largest absolute Gasteiger partial charge is 0.467 e. The van der Waals surface area contributed by atoms with E-state index < -0.39 is 12.0 Å². The summed E-state index contributed by atoms with van der Waals surface area (Å²) in [6.45, 7) is 0.749. The van der Waals surface area contributed by atoms with E-state index in [4.69, 9.17) is 4.74 Å². The normalized spacial score (nSPS) is 17.0. The molecule has 7 heteroatoms. The van der Waals surface area contributed by atoms with E-state index in [0.717, 1.165) is 18.4 Å². The van der Waals surface area contributed by atoms with Crippen molar-refractivity contribution in [2.24, 2.45) is 0 Å². The maximum Gasteiger partial charge on any atom is 0.328 e. The molecule has 0 spiro atoms. The Morgan fingerprint density at radius 1 is 1.15 bits per heavy atom. The number of piperidine rings is 1. The smallest absolute Gasteiger partial charge is 0.328 e. The van der Waals surface area contributed by atoms with Gasteiger partial charge in [-0.3, -0.25) is 9.59 Å². The number of esters is 1. The molecule has 3 rings (SSSR count). The molecule has 0 aliphatic carbocycles. The number of amides is 1. The molecule has 0 bridgehead atoms. The summed E-state index contributed by atoms with van der Waals surface area (Å²) >= 11 is 0. The van der Waals surface area contributed by atoms with Gasteiger partial charge in [0.05, 0.1) is 13.7 Å². The van der Waals surface area contributed by atoms with Gasteiger partial charge < -0.3 is 9.64 Å². The molecule has 0 saturated carbocycles. The van der Waals surface area contributed by atoms with Crippen molar-refractivity contribution in [1.82, 2.24) is 14.7 Å². The van der Waals surface area contributed by atoms with Crippen LogP contribution in [-0.2, 0) is 16.1 Å². The van der Waals surface area contributed by atoms with Crippen molar-refractivity contribution in [3.05, 3.63) is 64.1 Å². The van der Waals surface area contributed by atoms with Crippen LogP contribution >= 0.6 is 0 Å². The number of rotatable bonds is 4. The third-order valence-corrected chi connectivity index (χ3v) is 4.50. The lowest BCUT2D eigenvalue weighted by Crippen LogP contribution is -2.49. The zero-order chi connectivity index (χ0) is 18.5. The van der Waals surface area contributed by atoms with Gasteiger partial charge in [0.15, 0.2) is 0 Å². The van der Waals surface area contributed by atoms with Gasteiger partial charge in [0.25, 0.3) is 11.5 Å². The topological polar surface area (TPSA) is 81.5 Å². The third kappa shape index (κ3) is 3.82. The second kappa shape index (κ2) is 7.95. The molecule has 0 radical (unpaired) electrons. The maximum atomic E-state index is 12.9. The lowest BCUT2D eigenvalue weighted by molar-refractivity contribution is -0.147. The van der Waals surface area contributed by atoms with E-state index in [-0.39, 0.29) is 23.7 Å². The molecule has 1 amide bonds. The summed E-state index contributed by atoms with van der Waals surface area (Å²) in [4.78, 5) is 38.5.